The van der Waals surface area contributed by atoms with E-state index in [-0.39, 0.29) is 5.56 Å². The lowest BCUT2D eigenvalue weighted by Crippen LogP contribution is -2.03. The molecular formula is C7H4N2O2. The molecule has 2 heterocycles. The third-order valence-corrected chi connectivity index (χ3v) is 1.36. The van der Waals surface area contributed by atoms with Gasteiger partial charge in [0, 0.05) is 6.20 Å². The smallest absolute Gasteiger partial charge is 0.283 e. The van der Waals surface area contributed by atoms with Gasteiger partial charge >= 0.3 is 0 Å². The molecule has 0 bridgehead atoms. The van der Waals surface area contributed by atoms with Crippen LogP contribution in [0.25, 0.3) is 11.0 Å². The minimum absolute atomic E-state index is 0.284. The predicted molar refractivity (Wildman–Crippen MR) is 38.1 cm³/mol. The summed E-state index contributed by atoms with van der Waals surface area (Å²) in [7, 11) is 0. The van der Waals surface area contributed by atoms with Crippen LogP contribution in [0.2, 0.25) is 0 Å². The molecule has 0 amide bonds. The first-order chi connectivity index (χ1) is 5.38. The minimum atomic E-state index is -0.284. The van der Waals surface area contributed by atoms with Gasteiger partial charge in [0.15, 0.2) is 12.0 Å². The monoisotopic (exact) mass is 148 g/mol. The van der Waals surface area contributed by atoms with Crippen molar-refractivity contribution in [2.75, 3.05) is 0 Å². The maximum absolute atomic E-state index is 11.0. The van der Waals surface area contributed by atoms with Crippen LogP contribution in [0.4, 0.5) is 0 Å². The average molecular weight is 148 g/mol. The van der Waals surface area contributed by atoms with Crippen molar-refractivity contribution >= 4 is 11.0 Å². The van der Waals surface area contributed by atoms with E-state index in [1.54, 1.807) is 6.07 Å². The molecule has 0 spiro atoms. The molecule has 0 aliphatic carbocycles. The Morgan fingerprint density at radius 1 is 1.45 bits per heavy atom. The Hall–Kier alpha value is -1.71. The van der Waals surface area contributed by atoms with Crippen LogP contribution < -0.4 is 5.56 Å². The number of pyridine rings is 1. The molecule has 11 heavy (non-hydrogen) atoms. The average Bonchev–Trinajstić information content (AvgIpc) is 2.06. The standard InChI is InChI=1S/C7H4N2O2/c10-7-5-1-2-8-3-6(5)11-4-9-7/h1-4H. The fourth-order valence-electron chi connectivity index (χ4n) is 0.851. The second-order valence-corrected chi connectivity index (χ2v) is 2.03. The van der Waals surface area contributed by atoms with Crippen LogP contribution in [0.1, 0.15) is 0 Å². The van der Waals surface area contributed by atoms with Gasteiger partial charge in [0.1, 0.15) is 0 Å². The van der Waals surface area contributed by atoms with Crippen LogP contribution in [-0.2, 0) is 0 Å². The molecule has 2 aromatic rings. The van der Waals surface area contributed by atoms with Crippen molar-refractivity contribution < 1.29 is 4.42 Å². The summed E-state index contributed by atoms with van der Waals surface area (Å²) < 4.78 is 4.92. The number of hydrogen-bond donors (Lipinski definition) is 0. The summed E-state index contributed by atoms with van der Waals surface area (Å²) >= 11 is 0. The molecule has 4 heteroatoms. The van der Waals surface area contributed by atoms with E-state index < -0.39 is 0 Å². The van der Waals surface area contributed by atoms with Gasteiger partial charge in [-0.15, -0.1) is 0 Å². The van der Waals surface area contributed by atoms with Gasteiger partial charge in [0.2, 0.25) is 0 Å². The highest BCUT2D eigenvalue weighted by Gasteiger charge is 1.97. The molecule has 0 fully saturated rings. The van der Waals surface area contributed by atoms with Crippen molar-refractivity contribution in [3.63, 3.8) is 0 Å². The molecule has 0 unspecified atom stereocenters. The third kappa shape index (κ3) is 0.881. The first kappa shape index (κ1) is 6.03. The molecule has 54 valence electrons. The molecule has 0 aliphatic rings. The zero-order valence-electron chi connectivity index (χ0n) is 5.52. The first-order valence-electron chi connectivity index (χ1n) is 3.05. The van der Waals surface area contributed by atoms with Crippen LogP contribution in [0, 0.1) is 0 Å². The van der Waals surface area contributed by atoms with Gasteiger partial charge in [-0.1, -0.05) is 0 Å². The number of fused-ring (bicyclic) bond motifs is 1. The van der Waals surface area contributed by atoms with E-state index in [1.165, 1.54) is 12.4 Å². The highest BCUT2D eigenvalue weighted by Crippen LogP contribution is 2.03. The highest BCUT2D eigenvalue weighted by molar-refractivity contribution is 5.73. The highest BCUT2D eigenvalue weighted by atomic mass is 16.3. The minimum Gasteiger partial charge on any atom is -0.443 e. The summed E-state index contributed by atoms with van der Waals surface area (Å²) in [6.45, 7) is 0. The molecule has 0 radical (unpaired) electrons. The fraction of sp³-hybridized carbons (Fsp3) is 0. The Balaban J connectivity index is 3.03. The van der Waals surface area contributed by atoms with E-state index in [4.69, 9.17) is 4.42 Å². The summed E-state index contributed by atoms with van der Waals surface area (Å²) in [5, 5.41) is 0.461. The molecule has 0 saturated carbocycles. The van der Waals surface area contributed by atoms with Crippen molar-refractivity contribution in [1.29, 1.82) is 0 Å². The molecule has 2 aromatic heterocycles. The SMILES string of the molecule is O=c1ncoc2cnccc12. The zero-order valence-corrected chi connectivity index (χ0v) is 5.52. The van der Waals surface area contributed by atoms with Crippen LogP contribution >= 0.6 is 0 Å². The Morgan fingerprint density at radius 2 is 2.36 bits per heavy atom. The summed E-state index contributed by atoms with van der Waals surface area (Å²) in [5.41, 5.74) is 0.182. The van der Waals surface area contributed by atoms with E-state index in [0.717, 1.165) is 6.39 Å². The number of hydrogen-bond acceptors (Lipinski definition) is 4. The number of aromatic nitrogens is 2. The second-order valence-electron chi connectivity index (χ2n) is 2.03. The Labute approximate surface area is 61.5 Å². The Bertz CT molecular complexity index is 430. The van der Waals surface area contributed by atoms with Crippen LogP contribution in [0.15, 0.2) is 34.1 Å². The van der Waals surface area contributed by atoms with E-state index in [9.17, 15) is 4.79 Å². The van der Waals surface area contributed by atoms with Crippen molar-refractivity contribution in [2.24, 2.45) is 0 Å². The summed E-state index contributed by atoms with van der Waals surface area (Å²) in [6.07, 6.45) is 4.13. The molecule has 4 nitrogen and oxygen atoms in total. The molecule has 0 atom stereocenters. The largest absolute Gasteiger partial charge is 0.443 e. The van der Waals surface area contributed by atoms with Gasteiger partial charge in [0.05, 0.1) is 11.6 Å². The lowest BCUT2D eigenvalue weighted by molar-refractivity contribution is 0.574. The molecule has 0 saturated heterocycles. The van der Waals surface area contributed by atoms with Gasteiger partial charge in [0.25, 0.3) is 5.56 Å². The van der Waals surface area contributed by atoms with Crippen molar-refractivity contribution in [2.45, 2.75) is 0 Å². The van der Waals surface area contributed by atoms with E-state index in [1.807, 2.05) is 0 Å². The first-order valence-corrected chi connectivity index (χ1v) is 3.05. The topological polar surface area (TPSA) is 56.0 Å². The van der Waals surface area contributed by atoms with E-state index in [2.05, 4.69) is 9.97 Å². The van der Waals surface area contributed by atoms with Gasteiger partial charge in [-0.25, -0.2) is 0 Å². The Kier molecular flexibility index (Phi) is 1.18. The third-order valence-electron chi connectivity index (χ3n) is 1.36. The second kappa shape index (κ2) is 2.16. The van der Waals surface area contributed by atoms with Crippen molar-refractivity contribution in [3.8, 4) is 0 Å². The fourth-order valence-corrected chi connectivity index (χ4v) is 0.851. The van der Waals surface area contributed by atoms with Crippen molar-refractivity contribution in [3.05, 3.63) is 35.2 Å². The zero-order chi connectivity index (χ0) is 7.68. The van der Waals surface area contributed by atoms with Crippen LogP contribution in [0.5, 0.6) is 0 Å². The summed E-state index contributed by atoms with van der Waals surface area (Å²) in [4.78, 5) is 18.2. The van der Waals surface area contributed by atoms with Crippen LogP contribution in [0.3, 0.4) is 0 Å². The van der Waals surface area contributed by atoms with Gasteiger partial charge in [-0.05, 0) is 6.07 Å². The maximum atomic E-state index is 11.0. The number of nitrogens with zero attached hydrogens (tertiary/aromatic N) is 2. The summed E-state index contributed by atoms with van der Waals surface area (Å²) in [6, 6.07) is 1.58. The lowest BCUT2D eigenvalue weighted by atomic mass is 10.3. The summed E-state index contributed by atoms with van der Waals surface area (Å²) in [5.74, 6) is 0. The van der Waals surface area contributed by atoms with Gasteiger partial charge in [-0.2, -0.15) is 4.98 Å². The molecule has 0 N–H and O–H groups in total. The molecule has 0 aliphatic heterocycles. The predicted octanol–water partition coefficient (Wildman–Crippen LogP) is 0.583. The Morgan fingerprint density at radius 3 is 3.18 bits per heavy atom. The van der Waals surface area contributed by atoms with E-state index >= 15 is 0 Å². The van der Waals surface area contributed by atoms with Crippen LogP contribution in [-0.4, -0.2) is 9.97 Å². The van der Waals surface area contributed by atoms with Crippen molar-refractivity contribution in [1.82, 2.24) is 9.97 Å². The van der Waals surface area contributed by atoms with E-state index in [0.29, 0.717) is 11.0 Å². The molecule has 2 rings (SSSR count). The maximum Gasteiger partial charge on any atom is 0.283 e. The van der Waals surface area contributed by atoms with Gasteiger partial charge in [-0.3, -0.25) is 9.78 Å². The molecule has 0 aromatic carbocycles. The lowest BCUT2D eigenvalue weighted by Gasteiger charge is -1.89. The number of rotatable bonds is 0. The quantitative estimate of drug-likeness (QED) is 0.548. The molecular weight excluding hydrogens is 144 g/mol. The van der Waals surface area contributed by atoms with Gasteiger partial charge < -0.3 is 4.42 Å². The normalized spacial score (nSPS) is 10.2.